The highest BCUT2D eigenvalue weighted by Crippen LogP contribution is 2.19. The number of hydrogen-bond acceptors (Lipinski definition) is 4. The molecule has 0 aliphatic heterocycles. The summed E-state index contributed by atoms with van der Waals surface area (Å²) in [5.74, 6) is 0.526. The van der Waals surface area contributed by atoms with Gasteiger partial charge in [0.15, 0.2) is 0 Å². The Morgan fingerprint density at radius 1 is 1.15 bits per heavy atom. The van der Waals surface area contributed by atoms with Gasteiger partial charge >= 0.3 is 0 Å². The average molecular weight is 268 g/mol. The van der Waals surface area contributed by atoms with Crippen molar-refractivity contribution in [1.82, 2.24) is 24.3 Å². The molecular formula is C14H16N6. The third kappa shape index (κ3) is 2.69. The minimum absolute atomic E-state index is 0.526. The zero-order valence-electron chi connectivity index (χ0n) is 11.1. The highest BCUT2D eigenvalue weighted by Gasteiger charge is 2.05. The minimum Gasteiger partial charge on any atom is -0.384 e. The molecule has 0 aliphatic carbocycles. The summed E-state index contributed by atoms with van der Waals surface area (Å²) in [7, 11) is 0. The normalized spacial score (nSPS) is 10.8. The second-order valence-corrected chi connectivity index (χ2v) is 4.57. The Balaban J connectivity index is 1.68. The maximum Gasteiger partial charge on any atom is 0.123 e. The fraction of sp³-hybridized carbons (Fsp3) is 0.214. The summed E-state index contributed by atoms with van der Waals surface area (Å²) in [6.45, 7) is 1.78. The number of nitrogen functional groups attached to an aromatic ring is 1. The molecule has 3 heterocycles. The minimum atomic E-state index is 0.526. The Labute approximate surface area is 116 Å². The number of nitrogens with zero attached hydrogens (tertiary/aromatic N) is 5. The van der Waals surface area contributed by atoms with E-state index in [1.54, 1.807) is 18.5 Å². The van der Waals surface area contributed by atoms with E-state index in [1.807, 2.05) is 35.5 Å². The van der Waals surface area contributed by atoms with Gasteiger partial charge in [-0.25, -0.2) is 9.97 Å². The summed E-state index contributed by atoms with van der Waals surface area (Å²) < 4.78 is 4.05. The van der Waals surface area contributed by atoms with Crippen LogP contribution >= 0.6 is 0 Å². The summed E-state index contributed by atoms with van der Waals surface area (Å²) in [6, 6.07) is 5.70. The van der Waals surface area contributed by atoms with Gasteiger partial charge in [-0.2, -0.15) is 5.10 Å². The number of nitrogens with two attached hydrogens (primary N) is 1. The van der Waals surface area contributed by atoms with Crippen molar-refractivity contribution < 1.29 is 0 Å². The van der Waals surface area contributed by atoms with Gasteiger partial charge in [-0.1, -0.05) is 0 Å². The Bertz CT molecular complexity index is 653. The Morgan fingerprint density at radius 3 is 2.85 bits per heavy atom. The molecule has 6 nitrogen and oxygen atoms in total. The first kappa shape index (κ1) is 12.4. The first-order valence-electron chi connectivity index (χ1n) is 6.52. The van der Waals surface area contributed by atoms with Crippen LogP contribution in [-0.4, -0.2) is 24.3 Å². The lowest BCUT2D eigenvalue weighted by Gasteiger charge is -2.08. The Hall–Kier alpha value is -2.63. The molecule has 0 radical (unpaired) electrons. The van der Waals surface area contributed by atoms with Crippen molar-refractivity contribution >= 4 is 5.82 Å². The number of aryl methyl sites for hydroxylation is 2. The lowest BCUT2D eigenvalue weighted by atomic mass is 10.2. The van der Waals surface area contributed by atoms with E-state index in [1.165, 1.54) is 0 Å². The Morgan fingerprint density at radius 2 is 2.10 bits per heavy atom. The molecule has 20 heavy (non-hydrogen) atoms. The number of anilines is 1. The van der Waals surface area contributed by atoms with Gasteiger partial charge in [0, 0.05) is 37.2 Å². The molecule has 3 aromatic rings. The molecule has 0 saturated carbocycles. The molecule has 6 heteroatoms. The van der Waals surface area contributed by atoms with Crippen LogP contribution in [0.1, 0.15) is 6.42 Å². The van der Waals surface area contributed by atoms with Gasteiger partial charge in [0.25, 0.3) is 0 Å². The SMILES string of the molecule is Nc1ccc(-c2cncn2CCCn2cccn2)cn1. The van der Waals surface area contributed by atoms with Crippen LogP contribution in [0.15, 0.2) is 49.3 Å². The van der Waals surface area contributed by atoms with E-state index in [4.69, 9.17) is 5.73 Å². The van der Waals surface area contributed by atoms with Crippen molar-refractivity contribution in [3.63, 3.8) is 0 Å². The fourth-order valence-corrected chi connectivity index (χ4v) is 2.13. The molecule has 0 unspecified atom stereocenters. The van der Waals surface area contributed by atoms with E-state index in [-0.39, 0.29) is 0 Å². The number of imidazole rings is 1. The monoisotopic (exact) mass is 268 g/mol. The molecule has 0 aliphatic rings. The van der Waals surface area contributed by atoms with Crippen molar-refractivity contribution in [3.05, 3.63) is 49.3 Å². The molecule has 0 aromatic carbocycles. The van der Waals surface area contributed by atoms with Crippen LogP contribution in [0, 0.1) is 0 Å². The molecule has 102 valence electrons. The van der Waals surface area contributed by atoms with Gasteiger partial charge in [-0.15, -0.1) is 0 Å². The van der Waals surface area contributed by atoms with Crippen LogP contribution in [0.2, 0.25) is 0 Å². The van der Waals surface area contributed by atoms with Crippen molar-refractivity contribution in [2.45, 2.75) is 19.5 Å². The van der Waals surface area contributed by atoms with Gasteiger partial charge in [0.1, 0.15) is 5.82 Å². The molecule has 0 atom stereocenters. The highest BCUT2D eigenvalue weighted by molar-refractivity contribution is 5.59. The van der Waals surface area contributed by atoms with Crippen LogP contribution in [0.4, 0.5) is 5.82 Å². The highest BCUT2D eigenvalue weighted by atomic mass is 15.3. The quantitative estimate of drug-likeness (QED) is 0.766. The second-order valence-electron chi connectivity index (χ2n) is 4.57. The number of aromatic nitrogens is 5. The van der Waals surface area contributed by atoms with Crippen molar-refractivity contribution in [2.75, 3.05) is 5.73 Å². The molecular weight excluding hydrogens is 252 g/mol. The fourth-order valence-electron chi connectivity index (χ4n) is 2.13. The topological polar surface area (TPSA) is 74.5 Å². The summed E-state index contributed by atoms with van der Waals surface area (Å²) in [5.41, 5.74) is 7.69. The summed E-state index contributed by atoms with van der Waals surface area (Å²) in [4.78, 5) is 8.34. The van der Waals surface area contributed by atoms with Gasteiger partial charge in [-0.05, 0) is 24.6 Å². The standard InChI is InChI=1S/C14H16N6/c15-14-4-3-12(9-17-14)13-10-16-11-19(13)6-2-8-20-7-1-5-18-20/h1,3-5,7,9-11H,2,6,8H2,(H2,15,17). The molecule has 0 spiro atoms. The molecule has 0 saturated heterocycles. The molecule has 0 fully saturated rings. The van der Waals surface area contributed by atoms with Gasteiger partial charge in [0.05, 0.1) is 18.2 Å². The third-order valence-corrected chi connectivity index (χ3v) is 3.14. The Kier molecular flexibility index (Phi) is 3.45. The number of pyridine rings is 1. The summed E-state index contributed by atoms with van der Waals surface area (Å²) in [6.07, 6.45) is 10.2. The van der Waals surface area contributed by atoms with Crippen LogP contribution in [0.25, 0.3) is 11.3 Å². The van der Waals surface area contributed by atoms with Gasteiger partial charge in [0.2, 0.25) is 0 Å². The maximum atomic E-state index is 5.61. The molecule has 2 N–H and O–H groups in total. The molecule has 3 aromatic heterocycles. The largest absolute Gasteiger partial charge is 0.384 e. The number of hydrogen-bond donors (Lipinski definition) is 1. The lowest BCUT2D eigenvalue weighted by molar-refractivity contribution is 0.528. The second kappa shape index (κ2) is 5.56. The first-order chi connectivity index (χ1) is 9.83. The number of rotatable bonds is 5. The van der Waals surface area contributed by atoms with Crippen LogP contribution < -0.4 is 5.73 Å². The average Bonchev–Trinajstić information content (AvgIpc) is 3.11. The lowest BCUT2D eigenvalue weighted by Crippen LogP contribution is -2.05. The van der Waals surface area contributed by atoms with Crippen LogP contribution in [-0.2, 0) is 13.1 Å². The van der Waals surface area contributed by atoms with E-state index in [2.05, 4.69) is 19.6 Å². The van der Waals surface area contributed by atoms with Gasteiger partial charge in [-0.3, -0.25) is 4.68 Å². The van der Waals surface area contributed by atoms with Gasteiger partial charge < -0.3 is 10.3 Å². The third-order valence-electron chi connectivity index (χ3n) is 3.14. The molecule has 3 rings (SSSR count). The molecule has 0 amide bonds. The summed E-state index contributed by atoms with van der Waals surface area (Å²) >= 11 is 0. The van der Waals surface area contributed by atoms with Crippen molar-refractivity contribution in [1.29, 1.82) is 0 Å². The molecule has 0 bridgehead atoms. The van der Waals surface area contributed by atoms with E-state index >= 15 is 0 Å². The predicted molar refractivity (Wildman–Crippen MR) is 76.7 cm³/mol. The van der Waals surface area contributed by atoms with Crippen LogP contribution in [0.3, 0.4) is 0 Å². The summed E-state index contributed by atoms with van der Waals surface area (Å²) in [5, 5.41) is 4.19. The van der Waals surface area contributed by atoms with Crippen molar-refractivity contribution in [2.24, 2.45) is 0 Å². The van der Waals surface area contributed by atoms with E-state index < -0.39 is 0 Å². The first-order valence-corrected chi connectivity index (χ1v) is 6.52. The predicted octanol–water partition coefficient (Wildman–Crippen LogP) is 1.81. The van der Waals surface area contributed by atoms with E-state index in [9.17, 15) is 0 Å². The smallest absolute Gasteiger partial charge is 0.123 e. The zero-order chi connectivity index (χ0) is 13.8. The van der Waals surface area contributed by atoms with Crippen LogP contribution in [0.5, 0.6) is 0 Å². The zero-order valence-corrected chi connectivity index (χ0v) is 11.1. The van der Waals surface area contributed by atoms with E-state index in [0.717, 1.165) is 30.8 Å². The van der Waals surface area contributed by atoms with E-state index in [0.29, 0.717) is 5.82 Å². The maximum absolute atomic E-state index is 5.61. The van der Waals surface area contributed by atoms with Crippen molar-refractivity contribution in [3.8, 4) is 11.3 Å².